The maximum Gasteiger partial charge on any atom is 0.264 e. The fourth-order valence-electron chi connectivity index (χ4n) is 2.90. The zero-order valence-corrected chi connectivity index (χ0v) is 17.3. The van der Waals surface area contributed by atoms with Crippen LogP contribution in [0.4, 0.5) is 5.69 Å². The number of ether oxygens (including phenoxy) is 1. The third-order valence-corrected chi connectivity index (χ3v) is 6.50. The monoisotopic (exact) mass is 422 g/mol. The van der Waals surface area contributed by atoms with E-state index in [1.165, 1.54) is 28.6 Å². The Bertz CT molecular complexity index is 945. The highest BCUT2D eigenvalue weighted by molar-refractivity contribution is 7.92. The van der Waals surface area contributed by atoms with Gasteiger partial charge in [0, 0.05) is 11.6 Å². The zero-order chi connectivity index (χ0) is 20.3. The van der Waals surface area contributed by atoms with Crippen molar-refractivity contribution in [2.45, 2.75) is 31.3 Å². The van der Waals surface area contributed by atoms with Gasteiger partial charge in [-0.3, -0.25) is 9.10 Å². The molecule has 1 heterocycles. The molecule has 1 unspecified atom stereocenters. The van der Waals surface area contributed by atoms with Crippen molar-refractivity contribution in [2.24, 2.45) is 5.92 Å². The van der Waals surface area contributed by atoms with E-state index in [0.29, 0.717) is 28.9 Å². The van der Waals surface area contributed by atoms with Crippen molar-refractivity contribution < 1.29 is 17.9 Å². The van der Waals surface area contributed by atoms with Crippen LogP contribution in [-0.4, -0.2) is 33.5 Å². The molecule has 2 aromatic rings. The number of benzene rings is 2. The van der Waals surface area contributed by atoms with Crippen molar-refractivity contribution >= 4 is 33.2 Å². The summed E-state index contributed by atoms with van der Waals surface area (Å²) in [4.78, 5) is 12.7. The summed E-state index contributed by atoms with van der Waals surface area (Å²) in [5.41, 5.74) is 0.406. The first-order chi connectivity index (χ1) is 13.3. The van der Waals surface area contributed by atoms with E-state index in [2.05, 4.69) is 19.2 Å². The number of anilines is 1. The third kappa shape index (κ3) is 4.42. The second kappa shape index (κ2) is 8.41. The number of sulfonamides is 1. The summed E-state index contributed by atoms with van der Waals surface area (Å²) in [6.07, 6.45) is -0.0916. The smallest absolute Gasteiger partial charge is 0.264 e. The summed E-state index contributed by atoms with van der Waals surface area (Å²) in [6.45, 7) is 4.55. The van der Waals surface area contributed by atoms with E-state index in [-0.39, 0.29) is 17.3 Å². The number of hydrogen-bond donors (Lipinski definition) is 1. The van der Waals surface area contributed by atoms with E-state index in [9.17, 15) is 13.2 Å². The molecule has 0 saturated heterocycles. The lowest BCUT2D eigenvalue weighted by atomic mass is 10.1. The summed E-state index contributed by atoms with van der Waals surface area (Å²) in [7, 11) is -3.88. The molecular weight excluding hydrogens is 400 g/mol. The SMILES string of the molecule is CC(C)CCNC(=O)C1CN(S(=O)(=O)c2ccc(Cl)cc2)c2ccccc2O1. The molecule has 1 amide bonds. The number of halogens is 1. The van der Waals surface area contributed by atoms with Crippen molar-refractivity contribution in [1.29, 1.82) is 0 Å². The Morgan fingerprint density at radius 1 is 1.21 bits per heavy atom. The number of nitrogens with zero attached hydrogens (tertiary/aromatic N) is 1. The van der Waals surface area contributed by atoms with E-state index >= 15 is 0 Å². The average molecular weight is 423 g/mol. The fourth-order valence-corrected chi connectivity index (χ4v) is 4.50. The van der Waals surface area contributed by atoms with Crippen LogP contribution in [0.1, 0.15) is 20.3 Å². The molecule has 3 rings (SSSR count). The Morgan fingerprint density at radius 3 is 2.57 bits per heavy atom. The number of para-hydroxylation sites is 2. The van der Waals surface area contributed by atoms with Crippen molar-refractivity contribution in [3.05, 3.63) is 53.6 Å². The van der Waals surface area contributed by atoms with Crippen LogP contribution in [0, 0.1) is 5.92 Å². The van der Waals surface area contributed by atoms with Gasteiger partial charge < -0.3 is 10.1 Å². The van der Waals surface area contributed by atoms with E-state index in [1.807, 2.05) is 0 Å². The van der Waals surface area contributed by atoms with Gasteiger partial charge in [0.2, 0.25) is 0 Å². The molecule has 28 heavy (non-hydrogen) atoms. The highest BCUT2D eigenvalue weighted by Crippen LogP contribution is 2.36. The largest absolute Gasteiger partial charge is 0.476 e. The lowest BCUT2D eigenvalue weighted by Gasteiger charge is -2.34. The fraction of sp³-hybridized carbons (Fsp3) is 0.350. The van der Waals surface area contributed by atoms with Crippen LogP contribution in [0.2, 0.25) is 5.02 Å². The Hall–Kier alpha value is -2.25. The van der Waals surface area contributed by atoms with Gasteiger partial charge in [-0.05, 0) is 48.7 Å². The van der Waals surface area contributed by atoms with Gasteiger partial charge in [0.15, 0.2) is 6.10 Å². The Morgan fingerprint density at radius 2 is 1.89 bits per heavy atom. The maximum absolute atomic E-state index is 13.2. The summed E-state index contributed by atoms with van der Waals surface area (Å²) in [6, 6.07) is 12.7. The van der Waals surface area contributed by atoms with E-state index < -0.39 is 16.1 Å². The Balaban J connectivity index is 1.89. The highest BCUT2D eigenvalue weighted by Gasteiger charge is 2.37. The molecule has 8 heteroatoms. The second-order valence-corrected chi connectivity index (χ2v) is 9.34. The van der Waals surface area contributed by atoms with Gasteiger partial charge in [0.05, 0.1) is 17.1 Å². The standard InChI is InChI=1S/C20H23ClN2O4S/c1-14(2)11-12-22-20(24)19-13-23(17-5-3-4-6-18(17)27-19)28(25,26)16-9-7-15(21)8-10-16/h3-10,14,19H,11-13H2,1-2H3,(H,22,24). The summed E-state index contributed by atoms with van der Waals surface area (Å²) in [5, 5.41) is 3.28. The number of nitrogens with one attached hydrogen (secondary N) is 1. The zero-order valence-electron chi connectivity index (χ0n) is 15.8. The molecule has 0 fully saturated rings. The van der Waals surface area contributed by atoms with Gasteiger partial charge in [-0.15, -0.1) is 0 Å². The van der Waals surface area contributed by atoms with Crippen molar-refractivity contribution in [1.82, 2.24) is 5.32 Å². The molecule has 1 atom stereocenters. The lowest BCUT2D eigenvalue weighted by molar-refractivity contribution is -0.127. The molecule has 150 valence electrons. The van der Waals surface area contributed by atoms with Crippen molar-refractivity contribution in [3.63, 3.8) is 0 Å². The molecule has 2 aromatic carbocycles. The van der Waals surface area contributed by atoms with Gasteiger partial charge in [-0.2, -0.15) is 0 Å². The minimum Gasteiger partial charge on any atom is -0.476 e. The van der Waals surface area contributed by atoms with Crippen LogP contribution in [0.15, 0.2) is 53.4 Å². The van der Waals surface area contributed by atoms with E-state index in [4.69, 9.17) is 16.3 Å². The Kier molecular flexibility index (Phi) is 6.15. The van der Waals surface area contributed by atoms with Gasteiger partial charge in [-0.25, -0.2) is 8.42 Å². The summed E-state index contributed by atoms with van der Waals surface area (Å²) >= 11 is 5.88. The molecule has 0 saturated carbocycles. The normalized spacial score (nSPS) is 16.4. The lowest BCUT2D eigenvalue weighted by Crippen LogP contribution is -2.50. The van der Waals surface area contributed by atoms with Crippen LogP contribution >= 0.6 is 11.6 Å². The highest BCUT2D eigenvalue weighted by atomic mass is 35.5. The molecule has 0 aromatic heterocycles. The first-order valence-corrected chi connectivity index (χ1v) is 10.9. The predicted octanol–water partition coefficient (Wildman–Crippen LogP) is 3.46. The van der Waals surface area contributed by atoms with Crippen LogP contribution in [0.25, 0.3) is 0 Å². The number of fused-ring (bicyclic) bond motifs is 1. The topological polar surface area (TPSA) is 75.7 Å². The Labute approximate surface area is 170 Å². The van der Waals surface area contributed by atoms with Crippen molar-refractivity contribution in [3.8, 4) is 5.75 Å². The molecule has 1 aliphatic rings. The minimum absolute atomic E-state index is 0.102. The molecule has 0 bridgehead atoms. The van der Waals surface area contributed by atoms with Crippen LogP contribution in [0.5, 0.6) is 5.75 Å². The van der Waals surface area contributed by atoms with Crippen LogP contribution < -0.4 is 14.4 Å². The summed E-state index contributed by atoms with van der Waals surface area (Å²) < 4.78 is 33.5. The minimum atomic E-state index is -3.88. The van der Waals surface area contributed by atoms with E-state index in [0.717, 1.165) is 6.42 Å². The maximum atomic E-state index is 13.2. The van der Waals surface area contributed by atoms with Gasteiger partial charge in [-0.1, -0.05) is 37.6 Å². The van der Waals surface area contributed by atoms with Gasteiger partial charge in [0.25, 0.3) is 15.9 Å². The van der Waals surface area contributed by atoms with E-state index in [1.54, 1.807) is 24.3 Å². The molecule has 0 radical (unpaired) electrons. The summed E-state index contributed by atoms with van der Waals surface area (Å²) in [5.74, 6) is 0.483. The van der Waals surface area contributed by atoms with Gasteiger partial charge >= 0.3 is 0 Å². The van der Waals surface area contributed by atoms with Crippen LogP contribution in [0.3, 0.4) is 0 Å². The van der Waals surface area contributed by atoms with Gasteiger partial charge in [0.1, 0.15) is 5.75 Å². The third-order valence-electron chi connectivity index (χ3n) is 4.45. The first kappa shape index (κ1) is 20.5. The number of rotatable bonds is 6. The second-order valence-electron chi connectivity index (χ2n) is 7.04. The number of carbonyl (C=O) groups is 1. The number of amides is 1. The number of carbonyl (C=O) groups excluding carboxylic acids is 1. The average Bonchev–Trinajstić information content (AvgIpc) is 2.67. The molecule has 0 aliphatic carbocycles. The molecule has 1 aliphatic heterocycles. The van der Waals surface area contributed by atoms with Crippen molar-refractivity contribution in [2.75, 3.05) is 17.4 Å². The molecule has 0 spiro atoms. The predicted molar refractivity (Wildman–Crippen MR) is 109 cm³/mol. The quantitative estimate of drug-likeness (QED) is 0.773. The first-order valence-electron chi connectivity index (χ1n) is 9.10. The molecule has 1 N–H and O–H groups in total. The number of hydrogen-bond acceptors (Lipinski definition) is 4. The molecule has 6 nitrogen and oxygen atoms in total. The van der Waals surface area contributed by atoms with Crippen LogP contribution in [-0.2, 0) is 14.8 Å². The molecular formula is C20H23ClN2O4S.